The molecular weight excluding hydrogens is 238 g/mol. The van der Waals surface area contributed by atoms with E-state index in [9.17, 15) is 14.4 Å². The average Bonchev–Trinajstić information content (AvgIpc) is 2.29. The molecule has 96 valence electrons. The number of urea groups is 1. The lowest BCUT2D eigenvalue weighted by atomic mass is 10.2. The van der Waals surface area contributed by atoms with E-state index in [0.29, 0.717) is 5.69 Å². The van der Waals surface area contributed by atoms with Crippen LogP contribution in [0.2, 0.25) is 0 Å². The maximum absolute atomic E-state index is 11.3. The number of aliphatic carboxylic acids is 1. The van der Waals surface area contributed by atoms with Gasteiger partial charge in [0, 0.05) is 19.0 Å². The minimum atomic E-state index is -0.970. The van der Waals surface area contributed by atoms with Gasteiger partial charge in [-0.2, -0.15) is 0 Å². The molecule has 1 aromatic heterocycles. The van der Waals surface area contributed by atoms with Crippen LogP contribution in [0.3, 0.4) is 0 Å². The molecule has 0 aliphatic carbocycles. The van der Waals surface area contributed by atoms with Gasteiger partial charge in [-0.05, 0) is 18.6 Å². The molecule has 0 aromatic carbocycles. The summed E-state index contributed by atoms with van der Waals surface area (Å²) in [5.41, 5.74) is 0.466. The van der Waals surface area contributed by atoms with Gasteiger partial charge in [-0.3, -0.25) is 19.9 Å². The molecule has 0 saturated heterocycles. The quantitative estimate of drug-likeness (QED) is 0.723. The molecule has 18 heavy (non-hydrogen) atoms. The van der Waals surface area contributed by atoms with Crippen molar-refractivity contribution in [1.82, 2.24) is 10.3 Å². The first-order chi connectivity index (χ1) is 8.58. The molecule has 3 amide bonds. The fourth-order valence-corrected chi connectivity index (χ4v) is 1.19. The molecule has 3 N–H and O–H groups in total. The number of carboxylic acid groups (broad SMARTS) is 1. The molecule has 0 spiro atoms. The number of amides is 3. The van der Waals surface area contributed by atoms with Gasteiger partial charge in [0.15, 0.2) is 0 Å². The highest BCUT2D eigenvalue weighted by molar-refractivity contribution is 6.01. The fraction of sp³-hybridized carbons (Fsp3) is 0.273. The van der Waals surface area contributed by atoms with Crippen molar-refractivity contribution < 1.29 is 19.5 Å². The first kappa shape index (κ1) is 13.6. The highest BCUT2D eigenvalue weighted by atomic mass is 16.4. The van der Waals surface area contributed by atoms with Crippen LogP contribution in [0.15, 0.2) is 24.5 Å². The van der Waals surface area contributed by atoms with Crippen molar-refractivity contribution in [3.05, 3.63) is 24.5 Å². The molecule has 0 aliphatic rings. The van der Waals surface area contributed by atoms with Crippen LogP contribution in [-0.4, -0.2) is 28.0 Å². The zero-order valence-electron chi connectivity index (χ0n) is 9.55. The number of anilines is 1. The summed E-state index contributed by atoms with van der Waals surface area (Å²) in [4.78, 5) is 36.6. The first-order valence-corrected chi connectivity index (χ1v) is 5.30. The summed E-state index contributed by atoms with van der Waals surface area (Å²) >= 11 is 0. The molecule has 0 radical (unpaired) electrons. The van der Waals surface area contributed by atoms with Gasteiger partial charge in [0.2, 0.25) is 5.91 Å². The third-order valence-electron chi connectivity index (χ3n) is 1.97. The Morgan fingerprint density at radius 2 is 2.06 bits per heavy atom. The monoisotopic (exact) mass is 251 g/mol. The number of aromatic nitrogens is 1. The standard InChI is InChI=1S/C11H13N3O4/c15-9(4-1-5-10(16)17)14-11(18)13-8-3-2-6-12-7-8/h2-3,6-7H,1,4-5H2,(H,16,17)(H2,13,14,15,18). The molecule has 7 heteroatoms. The molecule has 0 bridgehead atoms. The third kappa shape index (κ3) is 5.59. The number of imide groups is 1. The number of pyridine rings is 1. The highest BCUT2D eigenvalue weighted by Crippen LogP contribution is 2.02. The van der Waals surface area contributed by atoms with Crippen LogP contribution in [-0.2, 0) is 9.59 Å². The van der Waals surface area contributed by atoms with Gasteiger partial charge in [0.05, 0.1) is 11.9 Å². The smallest absolute Gasteiger partial charge is 0.325 e. The van der Waals surface area contributed by atoms with Gasteiger partial charge in [-0.25, -0.2) is 4.79 Å². The number of rotatable bonds is 5. The number of carboxylic acids is 1. The van der Waals surface area contributed by atoms with E-state index >= 15 is 0 Å². The normalized spacial score (nSPS) is 9.56. The van der Waals surface area contributed by atoms with Crippen LogP contribution in [0, 0.1) is 0 Å². The molecular formula is C11H13N3O4. The van der Waals surface area contributed by atoms with Gasteiger partial charge in [0.1, 0.15) is 0 Å². The van der Waals surface area contributed by atoms with E-state index in [1.807, 2.05) is 0 Å². The Balaban J connectivity index is 2.27. The van der Waals surface area contributed by atoms with Crippen LogP contribution >= 0.6 is 0 Å². The highest BCUT2D eigenvalue weighted by Gasteiger charge is 2.08. The Morgan fingerprint density at radius 1 is 1.28 bits per heavy atom. The summed E-state index contributed by atoms with van der Waals surface area (Å²) in [6.07, 6.45) is 3.08. The maximum atomic E-state index is 11.3. The van der Waals surface area contributed by atoms with Crippen LogP contribution in [0.1, 0.15) is 19.3 Å². The molecule has 0 saturated carbocycles. The second kappa shape index (κ2) is 7.00. The van der Waals surface area contributed by atoms with Gasteiger partial charge < -0.3 is 10.4 Å². The van der Waals surface area contributed by atoms with E-state index in [1.165, 1.54) is 6.20 Å². The van der Waals surface area contributed by atoms with Crippen LogP contribution in [0.5, 0.6) is 0 Å². The number of carbonyl (C=O) groups excluding carboxylic acids is 2. The molecule has 1 aromatic rings. The van der Waals surface area contributed by atoms with Crippen molar-refractivity contribution in [2.45, 2.75) is 19.3 Å². The Kier molecular flexibility index (Phi) is 5.30. The SMILES string of the molecule is O=C(O)CCCC(=O)NC(=O)Nc1cccnc1. The number of carbonyl (C=O) groups is 3. The second-order valence-electron chi connectivity index (χ2n) is 3.49. The molecule has 7 nitrogen and oxygen atoms in total. The minimum Gasteiger partial charge on any atom is -0.481 e. The van der Waals surface area contributed by atoms with Crippen molar-refractivity contribution in [1.29, 1.82) is 0 Å². The fourth-order valence-electron chi connectivity index (χ4n) is 1.19. The van der Waals surface area contributed by atoms with Crippen molar-refractivity contribution >= 4 is 23.6 Å². The first-order valence-electron chi connectivity index (χ1n) is 5.30. The number of hydrogen-bond donors (Lipinski definition) is 3. The lowest BCUT2D eigenvalue weighted by molar-refractivity contribution is -0.137. The predicted octanol–water partition coefficient (Wildman–Crippen LogP) is 0.985. The van der Waals surface area contributed by atoms with E-state index in [1.54, 1.807) is 18.3 Å². The number of nitrogens with zero attached hydrogens (tertiary/aromatic N) is 1. The maximum Gasteiger partial charge on any atom is 0.325 e. The number of hydrogen-bond acceptors (Lipinski definition) is 4. The third-order valence-corrected chi connectivity index (χ3v) is 1.97. The Labute approximate surface area is 103 Å². The Hall–Kier alpha value is -2.44. The van der Waals surface area contributed by atoms with Gasteiger partial charge in [0.25, 0.3) is 0 Å². The van der Waals surface area contributed by atoms with Gasteiger partial charge >= 0.3 is 12.0 Å². The van der Waals surface area contributed by atoms with Gasteiger partial charge in [-0.1, -0.05) is 0 Å². The summed E-state index contributed by atoms with van der Waals surface area (Å²) in [6.45, 7) is 0. The van der Waals surface area contributed by atoms with Crippen molar-refractivity contribution in [2.24, 2.45) is 0 Å². The number of nitrogens with one attached hydrogen (secondary N) is 2. The summed E-state index contributed by atoms with van der Waals surface area (Å²) in [5, 5.41) is 12.9. The topological polar surface area (TPSA) is 108 Å². The lowest BCUT2D eigenvalue weighted by Crippen LogP contribution is -2.34. The largest absolute Gasteiger partial charge is 0.481 e. The molecule has 0 unspecified atom stereocenters. The molecule has 1 rings (SSSR count). The molecule has 0 aliphatic heterocycles. The van der Waals surface area contributed by atoms with Crippen LogP contribution in [0.4, 0.5) is 10.5 Å². The zero-order valence-corrected chi connectivity index (χ0v) is 9.55. The Bertz CT molecular complexity index is 433. The zero-order chi connectivity index (χ0) is 13.4. The molecule has 0 fully saturated rings. The average molecular weight is 251 g/mol. The lowest BCUT2D eigenvalue weighted by Gasteiger charge is -2.05. The van der Waals surface area contributed by atoms with E-state index in [-0.39, 0.29) is 19.3 Å². The summed E-state index contributed by atoms with van der Waals surface area (Å²) in [5.74, 6) is -1.49. The van der Waals surface area contributed by atoms with E-state index in [2.05, 4.69) is 15.6 Å². The predicted molar refractivity (Wildman–Crippen MR) is 62.9 cm³/mol. The Morgan fingerprint density at radius 3 is 2.67 bits per heavy atom. The summed E-state index contributed by atoms with van der Waals surface area (Å²) in [7, 11) is 0. The second-order valence-corrected chi connectivity index (χ2v) is 3.49. The minimum absolute atomic E-state index is 0.00718. The summed E-state index contributed by atoms with van der Waals surface area (Å²) in [6, 6.07) is 2.61. The van der Waals surface area contributed by atoms with E-state index in [4.69, 9.17) is 5.11 Å². The van der Waals surface area contributed by atoms with Crippen molar-refractivity contribution in [2.75, 3.05) is 5.32 Å². The molecule has 0 atom stereocenters. The van der Waals surface area contributed by atoms with Crippen LogP contribution < -0.4 is 10.6 Å². The molecule has 1 heterocycles. The van der Waals surface area contributed by atoms with Crippen LogP contribution in [0.25, 0.3) is 0 Å². The van der Waals surface area contributed by atoms with E-state index < -0.39 is 17.9 Å². The van der Waals surface area contributed by atoms with E-state index in [0.717, 1.165) is 0 Å². The van der Waals surface area contributed by atoms with Crippen molar-refractivity contribution in [3.63, 3.8) is 0 Å². The summed E-state index contributed by atoms with van der Waals surface area (Å²) < 4.78 is 0. The van der Waals surface area contributed by atoms with Gasteiger partial charge in [-0.15, -0.1) is 0 Å². The van der Waals surface area contributed by atoms with Crippen molar-refractivity contribution in [3.8, 4) is 0 Å².